The molecule has 1 radical (unpaired) electrons. The minimum Gasteiger partial charge on any atom is -0.243 e. The monoisotopic (exact) mass is 151 g/mol. The number of rotatable bonds is 1. The van der Waals surface area contributed by atoms with Crippen LogP contribution in [-0.2, 0) is 0 Å². The molecule has 0 aliphatic heterocycles. The van der Waals surface area contributed by atoms with Crippen molar-refractivity contribution in [2.75, 3.05) is 0 Å². The van der Waals surface area contributed by atoms with E-state index in [0.717, 1.165) is 5.82 Å². The van der Waals surface area contributed by atoms with Crippen LogP contribution in [0.15, 0.2) is 0 Å². The second-order valence-corrected chi connectivity index (χ2v) is 2.93. The molecule has 0 amide bonds. The number of nitrogens with zero attached hydrogens (tertiary/aromatic N) is 3. The van der Waals surface area contributed by atoms with Crippen LogP contribution in [0.3, 0.4) is 0 Å². The van der Waals surface area contributed by atoms with Crippen LogP contribution in [0.4, 0.5) is 0 Å². The molecule has 1 fully saturated rings. The van der Waals surface area contributed by atoms with Gasteiger partial charge in [0.25, 0.3) is 0 Å². The summed E-state index contributed by atoms with van der Waals surface area (Å²) >= 11 is 0. The molecule has 0 bridgehead atoms. The zero-order valence-corrected chi connectivity index (χ0v) is 6.32. The molecule has 59 valence electrons. The Hall–Kier alpha value is -0.930. The highest BCUT2D eigenvalue weighted by atomic mass is 15.5. The van der Waals surface area contributed by atoms with E-state index in [-0.39, 0.29) is 0 Å². The summed E-state index contributed by atoms with van der Waals surface area (Å²) in [4.78, 5) is 0. The third-order valence-electron chi connectivity index (χ3n) is 2.19. The van der Waals surface area contributed by atoms with Crippen LogP contribution in [-0.4, -0.2) is 20.6 Å². The topological polar surface area (TPSA) is 54.5 Å². The number of hydrogen-bond donors (Lipinski definition) is 1. The maximum absolute atomic E-state index is 3.91. The van der Waals surface area contributed by atoms with Gasteiger partial charge in [0.1, 0.15) is 0 Å². The van der Waals surface area contributed by atoms with Crippen molar-refractivity contribution >= 4 is 0 Å². The standard InChI is InChI=1S/C7H11N4/c1-2-4-6(5-3-1)7-8-10-11-9-7/h1,6H,2-5H2,(H,8,9,10,11). The number of nitrogens with one attached hydrogen (secondary N) is 1. The largest absolute Gasteiger partial charge is 0.243 e. The number of tetrazole rings is 1. The first-order valence-electron chi connectivity index (χ1n) is 4.02. The van der Waals surface area contributed by atoms with Crippen LogP contribution in [0.2, 0.25) is 0 Å². The molecule has 1 aliphatic carbocycles. The Bertz CT molecular complexity index is 200. The van der Waals surface area contributed by atoms with Gasteiger partial charge in [0, 0.05) is 5.92 Å². The molecule has 0 aromatic carbocycles. The van der Waals surface area contributed by atoms with Crippen LogP contribution < -0.4 is 0 Å². The smallest absolute Gasteiger partial charge is 0.151 e. The summed E-state index contributed by atoms with van der Waals surface area (Å²) in [5.74, 6) is 1.52. The van der Waals surface area contributed by atoms with Gasteiger partial charge in [-0.2, -0.15) is 0 Å². The van der Waals surface area contributed by atoms with E-state index in [9.17, 15) is 0 Å². The van der Waals surface area contributed by atoms with Crippen LogP contribution >= 0.6 is 0 Å². The number of aromatic nitrogens is 4. The van der Waals surface area contributed by atoms with Gasteiger partial charge in [-0.3, -0.25) is 0 Å². The molecule has 11 heavy (non-hydrogen) atoms. The molecule has 0 saturated heterocycles. The second-order valence-electron chi connectivity index (χ2n) is 2.93. The van der Waals surface area contributed by atoms with E-state index in [2.05, 4.69) is 27.0 Å². The summed E-state index contributed by atoms with van der Waals surface area (Å²) in [7, 11) is 0. The molecule has 2 rings (SSSR count). The maximum Gasteiger partial charge on any atom is 0.151 e. The molecule has 1 aliphatic rings. The Morgan fingerprint density at radius 1 is 1.36 bits per heavy atom. The lowest BCUT2D eigenvalue weighted by molar-refractivity contribution is 0.490. The molecule has 4 heteroatoms. The van der Waals surface area contributed by atoms with Crippen molar-refractivity contribution in [1.29, 1.82) is 0 Å². The normalized spacial score (nSPS) is 20.4. The molecule has 1 heterocycles. The van der Waals surface area contributed by atoms with Gasteiger partial charge >= 0.3 is 0 Å². The minimum atomic E-state index is 0.565. The van der Waals surface area contributed by atoms with Crippen LogP contribution in [0.5, 0.6) is 0 Å². The Kier molecular flexibility index (Phi) is 1.83. The van der Waals surface area contributed by atoms with Crippen molar-refractivity contribution in [2.24, 2.45) is 0 Å². The Balaban J connectivity index is 2.04. The fourth-order valence-electron chi connectivity index (χ4n) is 1.54. The van der Waals surface area contributed by atoms with E-state index >= 15 is 0 Å². The SMILES string of the molecule is [CH]1CCC(c2nnn[nH]2)CC1. The highest BCUT2D eigenvalue weighted by Gasteiger charge is 2.17. The van der Waals surface area contributed by atoms with Gasteiger partial charge < -0.3 is 0 Å². The van der Waals surface area contributed by atoms with Gasteiger partial charge in [0.2, 0.25) is 0 Å². The van der Waals surface area contributed by atoms with Gasteiger partial charge in [-0.1, -0.05) is 0 Å². The Morgan fingerprint density at radius 3 is 2.82 bits per heavy atom. The van der Waals surface area contributed by atoms with Gasteiger partial charge in [-0.25, -0.2) is 5.10 Å². The molecule has 1 aromatic heterocycles. The molecule has 1 aromatic rings. The highest BCUT2D eigenvalue weighted by molar-refractivity contribution is 4.95. The highest BCUT2D eigenvalue weighted by Crippen LogP contribution is 2.29. The average Bonchev–Trinajstić information content (AvgIpc) is 2.58. The fourth-order valence-corrected chi connectivity index (χ4v) is 1.54. The molecule has 0 unspecified atom stereocenters. The number of hydrogen-bond acceptors (Lipinski definition) is 3. The van der Waals surface area contributed by atoms with Crippen LogP contribution in [0.1, 0.15) is 37.4 Å². The average molecular weight is 151 g/mol. The van der Waals surface area contributed by atoms with Gasteiger partial charge in [0.05, 0.1) is 0 Å². The number of aromatic amines is 1. The lowest BCUT2D eigenvalue weighted by Gasteiger charge is -2.17. The summed E-state index contributed by atoms with van der Waals surface area (Å²) in [5.41, 5.74) is 0. The van der Waals surface area contributed by atoms with E-state index in [0.29, 0.717) is 5.92 Å². The second kappa shape index (κ2) is 2.98. The Labute approximate surface area is 65.4 Å². The molecule has 1 N–H and O–H groups in total. The van der Waals surface area contributed by atoms with E-state index in [1.807, 2.05) is 0 Å². The summed E-state index contributed by atoms with van der Waals surface area (Å²) in [6, 6.07) is 0. The van der Waals surface area contributed by atoms with Crippen molar-refractivity contribution < 1.29 is 0 Å². The summed E-state index contributed by atoms with van der Waals surface area (Å²) in [6.45, 7) is 0. The summed E-state index contributed by atoms with van der Waals surface area (Å²) in [6.07, 6.45) is 7.12. The first-order valence-corrected chi connectivity index (χ1v) is 4.02. The predicted molar refractivity (Wildman–Crippen MR) is 39.7 cm³/mol. The minimum absolute atomic E-state index is 0.565. The van der Waals surface area contributed by atoms with Crippen molar-refractivity contribution in [3.8, 4) is 0 Å². The molecule has 4 nitrogen and oxygen atoms in total. The molecular formula is C7H11N4. The predicted octanol–water partition coefficient (Wildman–Crippen LogP) is 1.06. The third kappa shape index (κ3) is 1.39. The zero-order chi connectivity index (χ0) is 7.52. The summed E-state index contributed by atoms with van der Waals surface area (Å²) in [5, 5.41) is 13.9. The van der Waals surface area contributed by atoms with Crippen LogP contribution in [0, 0.1) is 6.42 Å². The van der Waals surface area contributed by atoms with E-state index < -0.39 is 0 Å². The lowest BCUT2D eigenvalue weighted by atomic mass is 9.89. The molecular weight excluding hydrogens is 140 g/mol. The van der Waals surface area contributed by atoms with Crippen LogP contribution in [0.25, 0.3) is 0 Å². The molecule has 1 saturated carbocycles. The van der Waals surface area contributed by atoms with Gasteiger partial charge in [0.15, 0.2) is 5.82 Å². The van der Waals surface area contributed by atoms with Gasteiger partial charge in [-0.15, -0.1) is 5.10 Å². The van der Waals surface area contributed by atoms with Crippen molar-refractivity contribution in [3.05, 3.63) is 12.2 Å². The first-order chi connectivity index (χ1) is 5.47. The Morgan fingerprint density at radius 2 is 2.18 bits per heavy atom. The molecule has 0 spiro atoms. The molecule has 0 atom stereocenters. The third-order valence-corrected chi connectivity index (χ3v) is 2.19. The zero-order valence-electron chi connectivity index (χ0n) is 6.32. The number of H-pyrrole nitrogens is 1. The van der Waals surface area contributed by atoms with Crippen molar-refractivity contribution in [2.45, 2.75) is 31.6 Å². The van der Waals surface area contributed by atoms with E-state index in [1.165, 1.54) is 25.7 Å². The van der Waals surface area contributed by atoms with Crippen molar-refractivity contribution in [3.63, 3.8) is 0 Å². The summed E-state index contributed by atoms with van der Waals surface area (Å²) < 4.78 is 0. The van der Waals surface area contributed by atoms with E-state index in [4.69, 9.17) is 0 Å². The van der Waals surface area contributed by atoms with Crippen molar-refractivity contribution in [1.82, 2.24) is 20.6 Å². The fraction of sp³-hybridized carbons (Fsp3) is 0.714. The van der Waals surface area contributed by atoms with E-state index in [1.54, 1.807) is 0 Å². The lowest BCUT2D eigenvalue weighted by Crippen LogP contribution is -2.06. The maximum atomic E-state index is 3.91. The quantitative estimate of drug-likeness (QED) is 0.653. The van der Waals surface area contributed by atoms with Gasteiger partial charge in [-0.05, 0) is 42.5 Å². The first kappa shape index (κ1) is 6.76.